The monoisotopic (exact) mass is 223 g/mol. The Morgan fingerprint density at radius 3 is 3.00 bits per heavy atom. The number of nitrogens with two attached hydrogens (primary N) is 1. The Morgan fingerprint density at radius 1 is 1.50 bits per heavy atom. The number of rotatable bonds is 4. The lowest BCUT2D eigenvalue weighted by Gasteiger charge is -2.31. The second kappa shape index (κ2) is 5.41. The predicted molar refractivity (Wildman–Crippen MR) is 62.6 cm³/mol. The number of hydrogen-bond donors (Lipinski definition) is 2. The van der Waals surface area contributed by atoms with Crippen LogP contribution in [0, 0.1) is 5.92 Å². The van der Waals surface area contributed by atoms with Gasteiger partial charge in [-0.25, -0.2) is 4.98 Å². The molecule has 3 N–H and O–H groups in total. The summed E-state index contributed by atoms with van der Waals surface area (Å²) in [5.74, 6) is 1.49. The maximum Gasteiger partial charge on any atom is 0.164 e. The van der Waals surface area contributed by atoms with Gasteiger partial charge < -0.3 is 11.1 Å². The molecule has 2 atom stereocenters. The van der Waals surface area contributed by atoms with Crippen molar-refractivity contribution in [1.82, 2.24) is 20.1 Å². The highest BCUT2D eigenvalue weighted by Crippen LogP contribution is 2.23. The first-order chi connectivity index (χ1) is 7.79. The molecule has 1 saturated carbocycles. The van der Waals surface area contributed by atoms with Crippen LogP contribution in [0.25, 0.3) is 0 Å². The number of hydrogen-bond acceptors (Lipinski definition) is 4. The van der Waals surface area contributed by atoms with E-state index in [4.69, 9.17) is 5.73 Å². The highest BCUT2D eigenvalue weighted by molar-refractivity contribution is 4.86. The van der Waals surface area contributed by atoms with Gasteiger partial charge in [0.05, 0.1) is 6.54 Å². The predicted octanol–water partition coefficient (Wildman–Crippen LogP) is 0.422. The van der Waals surface area contributed by atoms with Crippen molar-refractivity contribution in [3.8, 4) is 0 Å². The van der Waals surface area contributed by atoms with E-state index >= 15 is 0 Å². The van der Waals surface area contributed by atoms with E-state index in [9.17, 15) is 0 Å². The van der Waals surface area contributed by atoms with Crippen LogP contribution in [0.1, 0.15) is 31.5 Å². The smallest absolute Gasteiger partial charge is 0.164 e. The lowest BCUT2D eigenvalue weighted by molar-refractivity contribution is 0.265. The first-order valence-electron chi connectivity index (χ1n) is 6.07. The van der Waals surface area contributed by atoms with E-state index in [0.717, 1.165) is 18.9 Å². The van der Waals surface area contributed by atoms with Gasteiger partial charge in [-0.15, -0.1) is 0 Å². The van der Waals surface area contributed by atoms with Crippen LogP contribution in [0.5, 0.6) is 0 Å². The maximum atomic E-state index is 5.79. The van der Waals surface area contributed by atoms with E-state index in [0.29, 0.717) is 12.0 Å². The Morgan fingerprint density at radius 2 is 2.31 bits per heavy atom. The molecule has 1 fully saturated rings. The Labute approximate surface area is 96.4 Å². The number of nitrogens with one attached hydrogen (secondary N) is 1. The van der Waals surface area contributed by atoms with Gasteiger partial charge in [-0.05, 0) is 25.3 Å². The topological polar surface area (TPSA) is 68.8 Å². The zero-order chi connectivity index (χ0) is 11.4. The summed E-state index contributed by atoms with van der Waals surface area (Å²) >= 11 is 0. The molecule has 90 valence electrons. The fraction of sp³-hybridized carbons (Fsp3) is 0.818. The number of aryl methyl sites for hydroxylation is 1. The van der Waals surface area contributed by atoms with Crippen LogP contribution in [0.3, 0.4) is 0 Å². The van der Waals surface area contributed by atoms with Crippen molar-refractivity contribution in [2.24, 2.45) is 18.7 Å². The molecule has 2 rings (SSSR count). The minimum Gasteiger partial charge on any atom is -0.330 e. The molecule has 16 heavy (non-hydrogen) atoms. The second-order valence-electron chi connectivity index (χ2n) is 4.60. The van der Waals surface area contributed by atoms with E-state index < -0.39 is 0 Å². The standard InChI is InChI=1S/C11H21N5/c1-16-8-14-11(15-16)7-13-10-5-3-2-4-9(10)6-12/h8-10,13H,2-7,12H2,1H3. The van der Waals surface area contributed by atoms with Crippen LogP contribution >= 0.6 is 0 Å². The maximum absolute atomic E-state index is 5.79. The Hall–Kier alpha value is -0.940. The van der Waals surface area contributed by atoms with Crippen molar-refractivity contribution in [2.45, 2.75) is 38.3 Å². The Bertz CT molecular complexity index is 322. The molecule has 1 aromatic rings. The summed E-state index contributed by atoms with van der Waals surface area (Å²) in [6.45, 7) is 1.54. The van der Waals surface area contributed by atoms with Gasteiger partial charge in [0.25, 0.3) is 0 Å². The average Bonchev–Trinajstić information content (AvgIpc) is 2.73. The quantitative estimate of drug-likeness (QED) is 0.776. The normalized spacial score (nSPS) is 25.9. The molecule has 5 heteroatoms. The van der Waals surface area contributed by atoms with Crippen LogP contribution in [0.15, 0.2) is 6.33 Å². The van der Waals surface area contributed by atoms with Gasteiger partial charge in [-0.1, -0.05) is 12.8 Å². The summed E-state index contributed by atoms with van der Waals surface area (Å²) in [5, 5.41) is 7.79. The van der Waals surface area contributed by atoms with Crippen LogP contribution in [0.4, 0.5) is 0 Å². The molecule has 1 aromatic heterocycles. The van der Waals surface area contributed by atoms with E-state index in [-0.39, 0.29) is 0 Å². The molecule has 0 bridgehead atoms. The zero-order valence-corrected chi connectivity index (χ0v) is 9.89. The van der Waals surface area contributed by atoms with Crippen molar-refractivity contribution >= 4 is 0 Å². The van der Waals surface area contributed by atoms with Gasteiger partial charge in [0.2, 0.25) is 0 Å². The van der Waals surface area contributed by atoms with Gasteiger partial charge in [-0.2, -0.15) is 5.10 Å². The molecule has 1 aliphatic carbocycles. The molecule has 0 aliphatic heterocycles. The molecule has 2 unspecified atom stereocenters. The van der Waals surface area contributed by atoms with Crippen LogP contribution in [-0.4, -0.2) is 27.4 Å². The van der Waals surface area contributed by atoms with Crippen LogP contribution in [0.2, 0.25) is 0 Å². The second-order valence-corrected chi connectivity index (χ2v) is 4.60. The summed E-state index contributed by atoms with van der Waals surface area (Å²) in [5.41, 5.74) is 5.79. The van der Waals surface area contributed by atoms with E-state index in [1.165, 1.54) is 25.7 Å². The summed E-state index contributed by atoms with van der Waals surface area (Å²) in [7, 11) is 1.89. The fourth-order valence-corrected chi connectivity index (χ4v) is 2.45. The highest BCUT2D eigenvalue weighted by atomic mass is 15.3. The highest BCUT2D eigenvalue weighted by Gasteiger charge is 2.23. The van der Waals surface area contributed by atoms with Gasteiger partial charge in [0, 0.05) is 13.1 Å². The molecule has 1 aliphatic rings. The van der Waals surface area contributed by atoms with Crippen LogP contribution in [-0.2, 0) is 13.6 Å². The summed E-state index contributed by atoms with van der Waals surface area (Å²) in [4.78, 5) is 4.21. The third-order valence-corrected chi connectivity index (χ3v) is 3.38. The van der Waals surface area contributed by atoms with Crippen molar-refractivity contribution in [1.29, 1.82) is 0 Å². The van der Waals surface area contributed by atoms with E-state index in [2.05, 4.69) is 15.4 Å². The first-order valence-corrected chi connectivity index (χ1v) is 6.07. The third-order valence-electron chi connectivity index (χ3n) is 3.38. The summed E-state index contributed by atoms with van der Waals surface area (Å²) < 4.78 is 1.73. The minimum atomic E-state index is 0.544. The Balaban J connectivity index is 1.84. The molecule has 0 amide bonds. The molecule has 0 spiro atoms. The van der Waals surface area contributed by atoms with Crippen LogP contribution < -0.4 is 11.1 Å². The molecule has 0 radical (unpaired) electrons. The van der Waals surface area contributed by atoms with Crippen molar-refractivity contribution < 1.29 is 0 Å². The lowest BCUT2D eigenvalue weighted by atomic mass is 9.84. The number of nitrogens with zero attached hydrogens (tertiary/aromatic N) is 3. The largest absolute Gasteiger partial charge is 0.330 e. The third kappa shape index (κ3) is 2.80. The van der Waals surface area contributed by atoms with Crippen molar-refractivity contribution in [3.05, 3.63) is 12.2 Å². The van der Waals surface area contributed by atoms with Gasteiger partial charge in [0.1, 0.15) is 6.33 Å². The lowest BCUT2D eigenvalue weighted by Crippen LogP contribution is -2.41. The van der Waals surface area contributed by atoms with Gasteiger partial charge in [0.15, 0.2) is 5.82 Å². The minimum absolute atomic E-state index is 0.544. The molecule has 0 aromatic carbocycles. The fourth-order valence-electron chi connectivity index (χ4n) is 2.45. The summed E-state index contributed by atoms with van der Waals surface area (Å²) in [6, 6.07) is 0.544. The van der Waals surface area contributed by atoms with Gasteiger partial charge in [-0.3, -0.25) is 4.68 Å². The average molecular weight is 223 g/mol. The molecule has 5 nitrogen and oxygen atoms in total. The Kier molecular flexibility index (Phi) is 3.90. The van der Waals surface area contributed by atoms with Crippen molar-refractivity contribution in [3.63, 3.8) is 0 Å². The van der Waals surface area contributed by atoms with Gasteiger partial charge >= 0.3 is 0 Å². The van der Waals surface area contributed by atoms with Crippen molar-refractivity contribution in [2.75, 3.05) is 6.54 Å². The number of aromatic nitrogens is 3. The molecule has 0 saturated heterocycles. The molecule has 1 heterocycles. The zero-order valence-electron chi connectivity index (χ0n) is 9.89. The molecular weight excluding hydrogens is 202 g/mol. The van der Waals surface area contributed by atoms with E-state index in [1.807, 2.05) is 7.05 Å². The molecular formula is C11H21N5. The SMILES string of the molecule is Cn1cnc(CNC2CCCCC2CN)n1. The summed E-state index contributed by atoms with van der Waals surface area (Å²) in [6.07, 6.45) is 6.85. The first kappa shape index (κ1) is 11.5. The van der Waals surface area contributed by atoms with E-state index in [1.54, 1.807) is 11.0 Å².